The second-order valence-corrected chi connectivity index (χ2v) is 2.81. The van der Waals surface area contributed by atoms with Crippen LogP contribution in [0.2, 0.25) is 0 Å². The number of rotatable bonds is 1. The van der Waals surface area contributed by atoms with Crippen molar-refractivity contribution < 1.29 is 0 Å². The summed E-state index contributed by atoms with van der Waals surface area (Å²) < 4.78 is 2.01. The highest BCUT2D eigenvalue weighted by atomic mass is 15.0. The molecule has 0 radical (unpaired) electrons. The Hall–Kier alpha value is -1.57. The predicted molar refractivity (Wildman–Crippen MR) is 50.0 cm³/mol. The summed E-state index contributed by atoms with van der Waals surface area (Å²) in [5, 5.41) is 0. The van der Waals surface area contributed by atoms with Gasteiger partial charge in [0.05, 0.1) is 5.69 Å². The lowest BCUT2D eigenvalue weighted by atomic mass is 10.3. The summed E-state index contributed by atoms with van der Waals surface area (Å²) in [6.45, 7) is 5.70. The minimum atomic E-state index is 0.984. The van der Waals surface area contributed by atoms with Crippen LogP contribution in [0.1, 0.15) is 11.3 Å². The van der Waals surface area contributed by atoms with Crippen molar-refractivity contribution in [2.75, 3.05) is 0 Å². The van der Waals surface area contributed by atoms with Crippen LogP contribution in [0.15, 0.2) is 31.1 Å². The third-order valence-corrected chi connectivity index (χ3v) is 1.83. The maximum absolute atomic E-state index is 4.32. The summed E-state index contributed by atoms with van der Waals surface area (Å²) in [7, 11) is 0. The number of hydrogen-bond donors (Lipinski definition) is 0. The summed E-state index contributed by atoms with van der Waals surface area (Å²) in [5.74, 6) is 0. The number of aromatic nitrogens is 2. The Balaban J connectivity index is 2.74. The molecule has 0 unspecified atom stereocenters. The lowest BCUT2D eigenvalue weighted by Gasteiger charge is -1.94. The van der Waals surface area contributed by atoms with E-state index < -0.39 is 0 Å². The van der Waals surface area contributed by atoms with Gasteiger partial charge in [0.25, 0.3) is 0 Å². The number of imidazole rings is 1. The lowest BCUT2D eigenvalue weighted by Crippen LogP contribution is -1.82. The van der Waals surface area contributed by atoms with E-state index >= 15 is 0 Å². The van der Waals surface area contributed by atoms with Gasteiger partial charge in [-0.1, -0.05) is 12.7 Å². The second kappa shape index (κ2) is 2.48. The summed E-state index contributed by atoms with van der Waals surface area (Å²) >= 11 is 0. The summed E-state index contributed by atoms with van der Waals surface area (Å²) in [6.07, 6.45) is 5.85. The average molecular weight is 158 g/mol. The van der Waals surface area contributed by atoms with Crippen molar-refractivity contribution in [3.8, 4) is 0 Å². The van der Waals surface area contributed by atoms with Crippen molar-refractivity contribution >= 4 is 11.7 Å². The van der Waals surface area contributed by atoms with Crippen molar-refractivity contribution in [1.29, 1.82) is 0 Å². The fourth-order valence-corrected chi connectivity index (χ4v) is 1.26. The Bertz CT molecular complexity index is 426. The molecule has 12 heavy (non-hydrogen) atoms. The Morgan fingerprint density at radius 3 is 3.00 bits per heavy atom. The van der Waals surface area contributed by atoms with Crippen LogP contribution < -0.4 is 0 Å². The number of nitrogens with zero attached hydrogens (tertiary/aromatic N) is 2. The van der Waals surface area contributed by atoms with Gasteiger partial charge in [0.1, 0.15) is 5.65 Å². The van der Waals surface area contributed by atoms with E-state index in [0.29, 0.717) is 0 Å². The molecule has 0 spiro atoms. The minimum absolute atomic E-state index is 0.984. The standard InChI is InChI=1S/C10H10N2/c1-3-9-4-5-10-11-8(2)6-12(10)7-9/h3-7H,1H2,2H3. The molecule has 2 aromatic rings. The van der Waals surface area contributed by atoms with Crippen molar-refractivity contribution in [1.82, 2.24) is 9.38 Å². The Kier molecular flexibility index (Phi) is 1.47. The van der Waals surface area contributed by atoms with E-state index in [2.05, 4.69) is 11.6 Å². The molecule has 2 aromatic heterocycles. The number of fused-ring (bicyclic) bond motifs is 1. The van der Waals surface area contributed by atoms with Crippen molar-refractivity contribution in [2.45, 2.75) is 6.92 Å². The van der Waals surface area contributed by atoms with Crippen LogP contribution in [0.25, 0.3) is 11.7 Å². The zero-order chi connectivity index (χ0) is 8.55. The molecule has 0 N–H and O–H groups in total. The molecular weight excluding hydrogens is 148 g/mol. The molecule has 0 aliphatic rings. The number of aryl methyl sites for hydroxylation is 1. The van der Waals surface area contributed by atoms with Gasteiger partial charge in [0.15, 0.2) is 0 Å². The van der Waals surface area contributed by atoms with Gasteiger partial charge in [0, 0.05) is 12.4 Å². The molecule has 0 saturated carbocycles. The number of pyridine rings is 1. The van der Waals surface area contributed by atoms with Crippen molar-refractivity contribution in [3.05, 3.63) is 42.4 Å². The monoisotopic (exact) mass is 158 g/mol. The van der Waals surface area contributed by atoms with Crippen LogP contribution in [0.5, 0.6) is 0 Å². The molecule has 0 fully saturated rings. The highest BCUT2D eigenvalue weighted by Gasteiger charge is 1.95. The summed E-state index contributed by atoms with van der Waals surface area (Å²) in [6, 6.07) is 4.00. The van der Waals surface area contributed by atoms with Crippen molar-refractivity contribution in [3.63, 3.8) is 0 Å². The third kappa shape index (κ3) is 1.01. The maximum Gasteiger partial charge on any atom is 0.136 e. The van der Waals surface area contributed by atoms with Crippen LogP contribution in [0.4, 0.5) is 0 Å². The van der Waals surface area contributed by atoms with Gasteiger partial charge in [-0.2, -0.15) is 0 Å². The van der Waals surface area contributed by atoms with Crippen LogP contribution in [-0.4, -0.2) is 9.38 Å². The van der Waals surface area contributed by atoms with Gasteiger partial charge in [-0.15, -0.1) is 0 Å². The SMILES string of the molecule is C=Cc1ccc2nc(C)cn2c1. The van der Waals surface area contributed by atoms with E-state index in [0.717, 1.165) is 16.9 Å². The first-order valence-electron chi connectivity index (χ1n) is 3.87. The van der Waals surface area contributed by atoms with Gasteiger partial charge in [-0.05, 0) is 24.6 Å². The molecule has 0 amide bonds. The predicted octanol–water partition coefficient (Wildman–Crippen LogP) is 2.29. The van der Waals surface area contributed by atoms with Crippen molar-refractivity contribution in [2.24, 2.45) is 0 Å². The highest BCUT2D eigenvalue weighted by molar-refractivity contribution is 5.51. The van der Waals surface area contributed by atoms with Crippen LogP contribution in [0.3, 0.4) is 0 Å². The average Bonchev–Trinajstić information content (AvgIpc) is 2.43. The smallest absolute Gasteiger partial charge is 0.136 e. The van der Waals surface area contributed by atoms with Gasteiger partial charge >= 0.3 is 0 Å². The lowest BCUT2D eigenvalue weighted by molar-refractivity contribution is 1.18. The van der Waals surface area contributed by atoms with Crippen LogP contribution >= 0.6 is 0 Å². The molecule has 2 rings (SSSR count). The molecule has 0 aromatic carbocycles. The van der Waals surface area contributed by atoms with Gasteiger partial charge in [-0.3, -0.25) is 0 Å². The molecule has 2 heterocycles. The van der Waals surface area contributed by atoms with Crippen LogP contribution in [0, 0.1) is 6.92 Å². The molecule has 2 nitrogen and oxygen atoms in total. The molecule has 0 aliphatic carbocycles. The minimum Gasteiger partial charge on any atom is -0.306 e. The Morgan fingerprint density at radius 2 is 2.25 bits per heavy atom. The van der Waals surface area contributed by atoms with Gasteiger partial charge < -0.3 is 4.40 Å². The van der Waals surface area contributed by atoms with E-state index in [-0.39, 0.29) is 0 Å². The van der Waals surface area contributed by atoms with Crippen LogP contribution in [-0.2, 0) is 0 Å². The second-order valence-electron chi connectivity index (χ2n) is 2.81. The first kappa shape index (κ1) is 7.10. The van der Waals surface area contributed by atoms with E-state index in [4.69, 9.17) is 0 Å². The fraction of sp³-hybridized carbons (Fsp3) is 0.100. The third-order valence-electron chi connectivity index (χ3n) is 1.83. The Morgan fingerprint density at radius 1 is 1.42 bits per heavy atom. The topological polar surface area (TPSA) is 17.3 Å². The largest absolute Gasteiger partial charge is 0.306 e. The zero-order valence-corrected chi connectivity index (χ0v) is 6.99. The summed E-state index contributed by atoms with van der Waals surface area (Å²) in [5.41, 5.74) is 3.13. The summed E-state index contributed by atoms with van der Waals surface area (Å²) in [4.78, 5) is 4.32. The quantitative estimate of drug-likeness (QED) is 0.622. The first-order valence-corrected chi connectivity index (χ1v) is 3.87. The van der Waals surface area contributed by atoms with E-state index in [9.17, 15) is 0 Å². The van der Waals surface area contributed by atoms with E-state index in [1.165, 1.54) is 0 Å². The molecule has 0 aliphatic heterocycles. The van der Waals surface area contributed by atoms with Gasteiger partial charge in [-0.25, -0.2) is 4.98 Å². The molecule has 60 valence electrons. The highest BCUT2D eigenvalue weighted by Crippen LogP contribution is 2.07. The molecule has 0 saturated heterocycles. The molecular formula is C10H10N2. The fourth-order valence-electron chi connectivity index (χ4n) is 1.26. The zero-order valence-electron chi connectivity index (χ0n) is 6.99. The van der Waals surface area contributed by atoms with E-state index in [1.807, 2.05) is 41.9 Å². The normalized spacial score (nSPS) is 10.4. The molecule has 0 atom stereocenters. The maximum atomic E-state index is 4.32. The Labute approximate surface area is 71.2 Å². The van der Waals surface area contributed by atoms with E-state index in [1.54, 1.807) is 0 Å². The first-order chi connectivity index (χ1) is 5.79. The van der Waals surface area contributed by atoms with Gasteiger partial charge in [0.2, 0.25) is 0 Å². The molecule has 2 heteroatoms. The molecule has 0 bridgehead atoms. The number of hydrogen-bond acceptors (Lipinski definition) is 1.